The van der Waals surface area contributed by atoms with E-state index in [1.165, 1.54) is 0 Å². The lowest BCUT2D eigenvalue weighted by molar-refractivity contribution is 0.215. The highest BCUT2D eigenvalue weighted by atomic mass is 16.6. The van der Waals surface area contributed by atoms with Crippen molar-refractivity contribution in [3.63, 3.8) is 0 Å². The molecule has 3 aromatic carbocycles. The largest absolute Gasteiger partial charge is 0.417 e. The number of ether oxygens (including phenoxy) is 1. The van der Waals surface area contributed by atoms with Crippen LogP contribution in [0, 0.1) is 0 Å². The first-order valence-corrected chi connectivity index (χ1v) is 6.34. The topological polar surface area (TPSA) is 38.3 Å². The van der Waals surface area contributed by atoms with E-state index in [9.17, 15) is 4.79 Å². The summed E-state index contributed by atoms with van der Waals surface area (Å²) in [6.07, 6.45) is -0.494. The number of amides is 1. The summed E-state index contributed by atoms with van der Waals surface area (Å²) in [7, 11) is 0. The van der Waals surface area contributed by atoms with Gasteiger partial charge in [-0.05, 0) is 35.0 Å². The highest BCUT2D eigenvalue weighted by Crippen LogP contribution is 2.21. The van der Waals surface area contributed by atoms with Gasteiger partial charge in [-0.2, -0.15) is 0 Å². The van der Waals surface area contributed by atoms with Gasteiger partial charge in [0.15, 0.2) is 0 Å². The average Bonchev–Trinajstić information content (AvgIpc) is 2.48. The first-order chi connectivity index (χ1) is 9.81. The Kier molecular flexibility index (Phi) is 3.33. The van der Waals surface area contributed by atoms with Crippen molar-refractivity contribution >= 4 is 22.6 Å². The molecule has 0 saturated carbocycles. The number of fused-ring (bicyclic) bond motifs is 1. The molecule has 3 heteroatoms. The molecule has 0 radical (unpaired) electrons. The lowest BCUT2D eigenvalue weighted by Crippen LogP contribution is -2.16. The van der Waals surface area contributed by atoms with Crippen LogP contribution in [0.15, 0.2) is 72.8 Å². The van der Waals surface area contributed by atoms with E-state index in [-0.39, 0.29) is 0 Å². The number of carbonyl (C=O) groups is 1. The number of anilines is 1. The molecule has 20 heavy (non-hydrogen) atoms. The van der Waals surface area contributed by atoms with E-state index in [2.05, 4.69) is 5.32 Å². The normalized spacial score (nSPS) is 10.2. The molecule has 0 heterocycles. The molecule has 0 aliphatic carbocycles. The fraction of sp³-hybridized carbons (Fsp3) is 0. The Hall–Kier alpha value is -2.81. The summed E-state index contributed by atoms with van der Waals surface area (Å²) in [5.74, 6) is 0.525. The van der Waals surface area contributed by atoms with E-state index in [0.717, 1.165) is 10.8 Å². The molecule has 0 saturated heterocycles. The number of para-hydroxylation sites is 1. The number of benzene rings is 3. The lowest BCUT2D eigenvalue weighted by Gasteiger charge is -2.07. The van der Waals surface area contributed by atoms with E-state index in [4.69, 9.17) is 4.74 Å². The van der Waals surface area contributed by atoms with Crippen molar-refractivity contribution in [3.8, 4) is 5.75 Å². The monoisotopic (exact) mass is 263 g/mol. The molecule has 0 aliphatic heterocycles. The minimum absolute atomic E-state index is 0.494. The molecular formula is C17H13NO2. The Morgan fingerprint density at radius 2 is 1.50 bits per heavy atom. The van der Waals surface area contributed by atoms with Crippen LogP contribution in [0.2, 0.25) is 0 Å². The molecule has 0 unspecified atom stereocenters. The molecule has 0 spiro atoms. The van der Waals surface area contributed by atoms with Gasteiger partial charge in [-0.15, -0.1) is 0 Å². The summed E-state index contributed by atoms with van der Waals surface area (Å²) in [5.41, 5.74) is 0.707. The molecule has 3 nitrogen and oxygen atoms in total. The molecule has 3 rings (SSSR count). The summed E-state index contributed by atoms with van der Waals surface area (Å²) in [4.78, 5) is 11.8. The fourth-order valence-corrected chi connectivity index (χ4v) is 2.00. The van der Waals surface area contributed by atoms with Crippen molar-refractivity contribution in [2.45, 2.75) is 0 Å². The molecule has 3 aromatic rings. The summed E-state index contributed by atoms with van der Waals surface area (Å²) in [5, 5.41) is 4.83. The average molecular weight is 263 g/mol. The third-order valence-electron chi connectivity index (χ3n) is 2.95. The van der Waals surface area contributed by atoms with Gasteiger partial charge in [0.05, 0.1) is 0 Å². The molecule has 98 valence electrons. The zero-order valence-electron chi connectivity index (χ0n) is 10.7. The van der Waals surface area contributed by atoms with Gasteiger partial charge in [0.2, 0.25) is 0 Å². The molecular weight excluding hydrogens is 250 g/mol. The van der Waals surface area contributed by atoms with Crippen LogP contribution in [0.5, 0.6) is 5.75 Å². The van der Waals surface area contributed by atoms with Crippen LogP contribution in [0.3, 0.4) is 0 Å². The van der Waals surface area contributed by atoms with Crippen LogP contribution in [0.4, 0.5) is 10.5 Å². The van der Waals surface area contributed by atoms with Gasteiger partial charge >= 0.3 is 6.09 Å². The van der Waals surface area contributed by atoms with Gasteiger partial charge < -0.3 is 4.74 Å². The second-order valence-corrected chi connectivity index (χ2v) is 4.39. The number of hydrogen-bond donors (Lipinski definition) is 1. The molecule has 0 aromatic heterocycles. The maximum absolute atomic E-state index is 11.8. The molecule has 0 atom stereocenters. The van der Waals surface area contributed by atoms with E-state index >= 15 is 0 Å². The Balaban J connectivity index is 1.74. The molecule has 0 aliphatic rings. The number of rotatable bonds is 2. The third-order valence-corrected chi connectivity index (χ3v) is 2.95. The highest BCUT2D eigenvalue weighted by Gasteiger charge is 2.05. The highest BCUT2D eigenvalue weighted by molar-refractivity contribution is 5.88. The van der Waals surface area contributed by atoms with Crippen LogP contribution in [0.25, 0.3) is 10.8 Å². The Labute approximate surface area is 116 Å². The van der Waals surface area contributed by atoms with E-state index in [0.29, 0.717) is 11.4 Å². The second kappa shape index (κ2) is 5.45. The number of nitrogens with one attached hydrogen (secondary N) is 1. The van der Waals surface area contributed by atoms with Gasteiger partial charge in [-0.1, -0.05) is 48.5 Å². The third kappa shape index (κ3) is 2.78. The summed E-state index contributed by atoms with van der Waals surface area (Å²) < 4.78 is 5.28. The maximum Gasteiger partial charge on any atom is 0.417 e. The fourth-order valence-electron chi connectivity index (χ4n) is 2.00. The van der Waals surface area contributed by atoms with E-state index in [1.807, 2.05) is 66.7 Å². The Bertz CT molecular complexity index is 738. The summed E-state index contributed by atoms with van der Waals surface area (Å²) >= 11 is 0. The van der Waals surface area contributed by atoms with Gasteiger partial charge in [0.1, 0.15) is 5.75 Å². The first-order valence-electron chi connectivity index (χ1n) is 6.34. The Morgan fingerprint density at radius 1 is 0.800 bits per heavy atom. The lowest BCUT2D eigenvalue weighted by atomic mass is 10.1. The minimum Gasteiger partial charge on any atom is -0.410 e. The zero-order chi connectivity index (χ0) is 13.8. The number of hydrogen-bond acceptors (Lipinski definition) is 2. The van der Waals surface area contributed by atoms with Crippen LogP contribution in [-0.4, -0.2) is 6.09 Å². The van der Waals surface area contributed by atoms with Crippen molar-refractivity contribution in [3.05, 3.63) is 72.8 Å². The van der Waals surface area contributed by atoms with Crippen molar-refractivity contribution in [2.75, 3.05) is 5.32 Å². The quantitative estimate of drug-likeness (QED) is 0.741. The number of carbonyl (C=O) groups excluding carboxylic acids is 1. The summed E-state index contributed by atoms with van der Waals surface area (Å²) in [6, 6.07) is 22.7. The smallest absolute Gasteiger partial charge is 0.410 e. The zero-order valence-corrected chi connectivity index (χ0v) is 10.7. The minimum atomic E-state index is -0.494. The van der Waals surface area contributed by atoms with Crippen LogP contribution < -0.4 is 10.1 Å². The van der Waals surface area contributed by atoms with E-state index in [1.54, 1.807) is 6.07 Å². The van der Waals surface area contributed by atoms with Gasteiger partial charge in [0, 0.05) is 5.69 Å². The van der Waals surface area contributed by atoms with Crippen LogP contribution >= 0.6 is 0 Å². The van der Waals surface area contributed by atoms with Gasteiger partial charge in [-0.25, -0.2) is 4.79 Å². The van der Waals surface area contributed by atoms with Crippen molar-refractivity contribution in [2.24, 2.45) is 0 Å². The van der Waals surface area contributed by atoms with Gasteiger partial charge in [-0.3, -0.25) is 5.32 Å². The standard InChI is InChI=1S/C17H13NO2/c19-17(18-15-8-2-1-3-9-15)20-16-11-10-13-6-4-5-7-14(13)12-16/h1-12H,(H,18,19). The molecule has 0 fully saturated rings. The van der Waals surface area contributed by atoms with Crippen LogP contribution in [-0.2, 0) is 0 Å². The van der Waals surface area contributed by atoms with Crippen molar-refractivity contribution in [1.82, 2.24) is 0 Å². The van der Waals surface area contributed by atoms with Crippen molar-refractivity contribution < 1.29 is 9.53 Å². The predicted molar refractivity (Wildman–Crippen MR) is 80.0 cm³/mol. The molecule has 0 bridgehead atoms. The van der Waals surface area contributed by atoms with Crippen LogP contribution in [0.1, 0.15) is 0 Å². The maximum atomic E-state index is 11.8. The molecule has 1 N–H and O–H groups in total. The SMILES string of the molecule is O=C(Nc1ccccc1)Oc1ccc2ccccc2c1. The predicted octanol–water partition coefficient (Wildman–Crippen LogP) is 4.45. The van der Waals surface area contributed by atoms with Crippen molar-refractivity contribution in [1.29, 1.82) is 0 Å². The Morgan fingerprint density at radius 3 is 2.30 bits per heavy atom. The molecule has 1 amide bonds. The first kappa shape index (κ1) is 12.2. The van der Waals surface area contributed by atoms with Gasteiger partial charge in [0.25, 0.3) is 0 Å². The second-order valence-electron chi connectivity index (χ2n) is 4.39. The van der Waals surface area contributed by atoms with E-state index < -0.39 is 6.09 Å². The summed E-state index contributed by atoms with van der Waals surface area (Å²) in [6.45, 7) is 0.